The molecular formula is C9H16N4O. The van der Waals surface area contributed by atoms with E-state index in [-0.39, 0.29) is 0 Å². The number of ether oxygens (including phenoxy) is 1. The van der Waals surface area contributed by atoms with Crippen LogP contribution in [0.25, 0.3) is 0 Å². The molecule has 0 fully saturated rings. The van der Waals surface area contributed by atoms with Crippen LogP contribution in [0.3, 0.4) is 0 Å². The van der Waals surface area contributed by atoms with E-state index in [0.717, 1.165) is 12.1 Å². The first-order chi connectivity index (χ1) is 6.77. The van der Waals surface area contributed by atoms with Crippen LogP contribution >= 0.6 is 0 Å². The van der Waals surface area contributed by atoms with Crippen molar-refractivity contribution in [1.29, 1.82) is 0 Å². The van der Waals surface area contributed by atoms with Crippen LogP contribution in [0.2, 0.25) is 0 Å². The maximum Gasteiger partial charge on any atom is 0.225 e. The monoisotopic (exact) mass is 196 g/mol. The average Bonchev–Trinajstić information content (AvgIpc) is 2.26. The third-order valence-corrected chi connectivity index (χ3v) is 1.90. The van der Waals surface area contributed by atoms with E-state index in [4.69, 9.17) is 10.5 Å². The van der Waals surface area contributed by atoms with E-state index < -0.39 is 0 Å². The van der Waals surface area contributed by atoms with Crippen molar-refractivity contribution >= 4 is 5.95 Å². The van der Waals surface area contributed by atoms with Crippen molar-refractivity contribution in [2.45, 2.75) is 6.54 Å². The van der Waals surface area contributed by atoms with Gasteiger partial charge in [0, 0.05) is 45.2 Å². The molecule has 14 heavy (non-hydrogen) atoms. The second-order valence-corrected chi connectivity index (χ2v) is 3.01. The summed E-state index contributed by atoms with van der Waals surface area (Å²) in [5, 5.41) is 0. The van der Waals surface area contributed by atoms with E-state index >= 15 is 0 Å². The highest BCUT2D eigenvalue weighted by Gasteiger charge is 2.02. The number of rotatable bonds is 5. The predicted molar refractivity (Wildman–Crippen MR) is 55.1 cm³/mol. The Labute approximate surface area is 83.9 Å². The molecule has 0 aliphatic rings. The predicted octanol–water partition coefficient (Wildman–Crippen LogP) is 0.0179. The maximum absolute atomic E-state index is 5.44. The van der Waals surface area contributed by atoms with Gasteiger partial charge in [0.2, 0.25) is 5.95 Å². The molecule has 0 saturated heterocycles. The number of anilines is 1. The Bertz CT molecular complexity index is 262. The Morgan fingerprint density at radius 3 is 2.57 bits per heavy atom. The van der Waals surface area contributed by atoms with Gasteiger partial charge in [-0.05, 0) is 0 Å². The molecule has 5 heteroatoms. The normalized spacial score (nSPS) is 10.2. The lowest BCUT2D eigenvalue weighted by molar-refractivity contribution is 0.206. The highest BCUT2D eigenvalue weighted by atomic mass is 16.5. The van der Waals surface area contributed by atoms with E-state index in [9.17, 15) is 0 Å². The molecule has 0 unspecified atom stereocenters. The summed E-state index contributed by atoms with van der Waals surface area (Å²) in [6.07, 6.45) is 3.48. The number of hydrogen-bond donors (Lipinski definition) is 1. The molecule has 1 rings (SSSR count). The van der Waals surface area contributed by atoms with Gasteiger partial charge in [-0.2, -0.15) is 0 Å². The first-order valence-corrected chi connectivity index (χ1v) is 4.49. The topological polar surface area (TPSA) is 64.3 Å². The van der Waals surface area contributed by atoms with E-state index in [1.165, 1.54) is 0 Å². The van der Waals surface area contributed by atoms with Crippen LogP contribution in [-0.4, -0.2) is 37.3 Å². The Morgan fingerprint density at radius 1 is 1.43 bits per heavy atom. The van der Waals surface area contributed by atoms with Crippen LogP contribution in [0.4, 0.5) is 5.95 Å². The summed E-state index contributed by atoms with van der Waals surface area (Å²) in [6, 6.07) is 0. The van der Waals surface area contributed by atoms with Crippen molar-refractivity contribution in [2.75, 3.05) is 32.2 Å². The van der Waals surface area contributed by atoms with Crippen molar-refractivity contribution in [3.8, 4) is 0 Å². The Kier molecular flexibility index (Phi) is 4.28. The summed E-state index contributed by atoms with van der Waals surface area (Å²) in [7, 11) is 3.60. The molecular weight excluding hydrogens is 180 g/mol. The van der Waals surface area contributed by atoms with Gasteiger partial charge in [0.25, 0.3) is 0 Å². The standard InChI is InChI=1S/C9H16N4O/c1-13(3-4-14-2)9-11-6-8(5-10)7-12-9/h6-7H,3-5,10H2,1-2H3. The number of likely N-dealkylation sites (N-methyl/N-ethyl adjacent to an activating group) is 1. The first kappa shape index (κ1) is 10.9. The minimum atomic E-state index is 0.474. The highest BCUT2D eigenvalue weighted by Crippen LogP contribution is 2.03. The molecule has 0 radical (unpaired) electrons. The molecule has 1 heterocycles. The zero-order chi connectivity index (χ0) is 10.4. The van der Waals surface area contributed by atoms with Gasteiger partial charge in [-0.3, -0.25) is 0 Å². The van der Waals surface area contributed by atoms with E-state index in [1.807, 2.05) is 11.9 Å². The fourth-order valence-corrected chi connectivity index (χ4v) is 0.979. The minimum Gasteiger partial charge on any atom is -0.383 e. The van der Waals surface area contributed by atoms with E-state index in [2.05, 4.69) is 9.97 Å². The van der Waals surface area contributed by atoms with Gasteiger partial charge in [-0.15, -0.1) is 0 Å². The SMILES string of the molecule is COCCN(C)c1ncc(CN)cn1. The van der Waals surface area contributed by atoms with E-state index in [1.54, 1.807) is 19.5 Å². The molecule has 78 valence electrons. The Balaban J connectivity index is 2.57. The Morgan fingerprint density at radius 2 is 2.07 bits per heavy atom. The summed E-state index contributed by atoms with van der Waals surface area (Å²) in [6.45, 7) is 1.92. The summed E-state index contributed by atoms with van der Waals surface area (Å²) in [5.41, 5.74) is 6.38. The molecule has 2 N–H and O–H groups in total. The summed E-state index contributed by atoms with van der Waals surface area (Å²) in [5.74, 6) is 0.694. The summed E-state index contributed by atoms with van der Waals surface area (Å²) >= 11 is 0. The molecule has 5 nitrogen and oxygen atoms in total. The molecule has 0 aliphatic carbocycles. The largest absolute Gasteiger partial charge is 0.383 e. The van der Waals surface area contributed by atoms with Crippen molar-refractivity contribution in [1.82, 2.24) is 9.97 Å². The zero-order valence-corrected chi connectivity index (χ0v) is 8.60. The number of nitrogens with two attached hydrogens (primary N) is 1. The minimum absolute atomic E-state index is 0.474. The lowest BCUT2D eigenvalue weighted by atomic mass is 10.3. The molecule has 1 aromatic rings. The van der Waals surface area contributed by atoms with Gasteiger partial charge in [0.1, 0.15) is 0 Å². The number of hydrogen-bond acceptors (Lipinski definition) is 5. The third kappa shape index (κ3) is 2.93. The Hall–Kier alpha value is -1.20. The van der Waals surface area contributed by atoms with Crippen LogP contribution in [0.1, 0.15) is 5.56 Å². The van der Waals surface area contributed by atoms with Crippen LogP contribution in [0.15, 0.2) is 12.4 Å². The fraction of sp³-hybridized carbons (Fsp3) is 0.556. The molecule has 1 aromatic heterocycles. The van der Waals surface area contributed by atoms with Gasteiger partial charge in [0.05, 0.1) is 6.61 Å². The quantitative estimate of drug-likeness (QED) is 0.719. The number of nitrogens with zero attached hydrogens (tertiary/aromatic N) is 3. The molecule has 0 aliphatic heterocycles. The van der Waals surface area contributed by atoms with Gasteiger partial charge in [-0.25, -0.2) is 9.97 Å². The van der Waals surface area contributed by atoms with Crippen LogP contribution in [-0.2, 0) is 11.3 Å². The summed E-state index contributed by atoms with van der Waals surface area (Å²) < 4.78 is 4.96. The zero-order valence-electron chi connectivity index (χ0n) is 8.60. The van der Waals surface area contributed by atoms with Gasteiger partial charge in [0.15, 0.2) is 0 Å². The lowest BCUT2D eigenvalue weighted by Crippen LogP contribution is -2.24. The lowest BCUT2D eigenvalue weighted by Gasteiger charge is -2.15. The fourth-order valence-electron chi connectivity index (χ4n) is 0.979. The van der Waals surface area contributed by atoms with Crippen LogP contribution < -0.4 is 10.6 Å². The second-order valence-electron chi connectivity index (χ2n) is 3.01. The molecule has 0 saturated carbocycles. The van der Waals surface area contributed by atoms with Gasteiger partial charge >= 0.3 is 0 Å². The van der Waals surface area contributed by atoms with E-state index in [0.29, 0.717) is 19.1 Å². The smallest absolute Gasteiger partial charge is 0.225 e. The van der Waals surface area contributed by atoms with Gasteiger partial charge < -0.3 is 15.4 Å². The van der Waals surface area contributed by atoms with Crippen molar-refractivity contribution in [2.24, 2.45) is 5.73 Å². The van der Waals surface area contributed by atoms with Crippen LogP contribution in [0, 0.1) is 0 Å². The molecule has 0 spiro atoms. The highest BCUT2D eigenvalue weighted by molar-refractivity contribution is 5.28. The number of aromatic nitrogens is 2. The van der Waals surface area contributed by atoms with Crippen molar-refractivity contribution in [3.05, 3.63) is 18.0 Å². The second kappa shape index (κ2) is 5.51. The van der Waals surface area contributed by atoms with Crippen molar-refractivity contribution in [3.63, 3.8) is 0 Å². The first-order valence-electron chi connectivity index (χ1n) is 4.49. The molecule has 0 atom stereocenters. The maximum atomic E-state index is 5.44. The molecule has 0 amide bonds. The molecule has 0 aromatic carbocycles. The van der Waals surface area contributed by atoms with Crippen LogP contribution in [0.5, 0.6) is 0 Å². The van der Waals surface area contributed by atoms with Gasteiger partial charge in [-0.1, -0.05) is 0 Å². The summed E-state index contributed by atoms with van der Waals surface area (Å²) in [4.78, 5) is 10.3. The third-order valence-electron chi connectivity index (χ3n) is 1.90. The average molecular weight is 196 g/mol. The number of methoxy groups -OCH3 is 1. The van der Waals surface area contributed by atoms with Crippen molar-refractivity contribution < 1.29 is 4.74 Å². The molecule has 0 bridgehead atoms.